The van der Waals surface area contributed by atoms with Crippen LogP contribution in [0.25, 0.3) is 0 Å². The fourth-order valence-corrected chi connectivity index (χ4v) is 3.04. The van der Waals surface area contributed by atoms with Gasteiger partial charge in [-0.15, -0.1) is 10.2 Å². The highest BCUT2D eigenvalue weighted by Crippen LogP contribution is 2.23. The normalized spacial score (nSPS) is 16.1. The minimum atomic E-state index is -0.358. The van der Waals surface area contributed by atoms with Gasteiger partial charge in [0.25, 0.3) is 0 Å². The van der Waals surface area contributed by atoms with Gasteiger partial charge >= 0.3 is 6.03 Å². The number of hydrogen-bond donors (Lipinski definition) is 1. The molecule has 1 N–H and O–H groups in total. The molecule has 1 aromatic rings. The third kappa shape index (κ3) is 3.96. The van der Waals surface area contributed by atoms with Gasteiger partial charge in [0.15, 0.2) is 5.16 Å². The number of carbonyl (C=O) groups is 2. The van der Waals surface area contributed by atoms with Crippen LogP contribution in [0.4, 0.5) is 4.79 Å². The number of unbranched alkanes of at least 4 members (excludes halogenated alkanes) is 2. The molecule has 0 saturated carbocycles. The number of nitrogens with zero attached hydrogens (tertiary/aromatic N) is 4. The molecule has 1 atom stereocenters. The molecule has 1 aromatic heterocycles. The summed E-state index contributed by atoms with van der Waals surface area (Å²) in [5.74, 6) is -0.182. The number of amides is 3. The molecule has 2 rings (SSSR count). The summed E-state index contributed by atoms with van der Waals surface area (Å²) < 4.78 is 1.97. The molecular weight excluding hydrogens is 290 g/mol. The van der Waals surface area contributed by atoms with Crippen LogP contribution < -0.4 is 5.32 Å². The zero-order valence-electron chi connectivity index (χ0n) is 12.4. The van der Waals surface area contributed by atoms with Gasteiger partial charge < -0.3 is 9.88 Å². The van der Waals surface area contributed by atoms with E-state index in [1.165, 1.54) is 16.7 Å². The number of rotatable bonds is 7. The summed E-state index contributed by atoms with van der Waals surface area (Å²) in [5, 5.41) is 11.0. The highest BCUT2D eigenvalue weighted by atomic mass is 32.2. The van der Waals surface area contributed by atoms with Crippen molar-refractivity contribution in [3.05, 3.63) is 6.33 Å². The third-order valence-corrected chi connectivity index (χ3v) is 4.42. The topological polar surface area (TPSA) is 80.1 Å². The Morgan fingerprint density at radius 1 is 1.52 bits per heavy atom. The first-order chi connectivity index (χ1) is 10.1. The minimum absolute atomic E-state index is 0.182. The fraction of sp³-hybridized carbons (Fsp3) is 0.692. The first-order valence-electron chi connectivity index (χ1n) is 7.27. The molecule has 21 heavy (non-hydrogen) atoms. The Kier molecular flexibility index (Phi) is 5.60. The maximum Gasteiger partial charge on any atom is 0.324 e. The summed E-state index contributed by atoms with van der Waals surface area (Å²) in [6.45, 7) is 5.77. The smallest absolute Gasteiger partial charge is 0.324 e. The van der Waals surface area contributed by atoms with Gasteiger partial charge in [0.2, 0.25) is 5.91 Å². The van der Waals surface area contributed by atoms with E-state index in [0.29, 0.717) is 13.1 Å². The van der Waals surface area contributed by atoms with Crippen LogP contribution in [0.5, 0.6) is 0 Å². The van der Waals surface area contributed by atoms with E-state index in [-0.39, 0.29) is 17.2 Å². The summed E-state index contributed by atoms with van der Waals surface area (Å²) in [6.07, 6.45) is 5.07. The Labute approximate surface area is 128 Å². The number of urea groups is 1. The van der Waals surface area contributed by atoms with E-state index in [9.17, 15) is 9.59 Å². The second-order valence-electron chi connectivity index (χ2n) is 5.00. The highest BCUT2D eigenvalue weighted by molar-refractivity contribution is 8.00. The van der Waals surface area contributed by atoms with Gasteiger partial charge in [-0.25, -0.2) is 4.79 Å². The zero-order valence-corrected chi connectivity index (χ0v) is 13.2. The minimum Gasteiger partial charge on any atom is -0.336 e. The third-order valence-electron chi connectivity index (χ3n) is 3.34. The number of aromatic nitrogens is 3. The molecule has 0 aromatic carbocycles. The molecule has 0 bridgehead atoms. The van der Waals surface area contributed by atoms with Crippen molar-refractivity contribution in [1.82, 2.24) is 25.0 Å². The van der Waals surface area contributed by atoms with E-state index < -0.39 is 0 Å². The van der Waals surface area contributed by atoms with E-state index in [1.807, 2.05) is 4.57 Å². The van der Waals surface area contributed by atoms with E-state index >= 15 is 0 Å². The number of nitrogens with one attached hydrogen (secondary N) is 1. The maximum absolute atomic E-state index is 12.2. The summed E-state index contributed by atoms with van der Waals surface area (Å²) in [6, 6.07) is -0.308. The van der Waals surface area contributed by atoms with Gasteiger partial charge in [-0.05, 0) is 13.3 Å². The summed E-state index contributed by atoms with van der Waals surface area (Å²) in [7, 11) is 0. The van der Waals surface area contributed by atoms with Crippen molar-refractivity contribution in [1.29, 1.82) is 0 Å². The van der Waals surface area contributed by atoms with Gasteiger partial charge in [-0.1, -0.05) is 31.5 Å². The Hall–Kier alpha value is -1.57. The second-order valence-corrected chi connectivity index (χ2v) is 6.30. The number of imide groups is 1. The number of carbonyl (C=O) groups excluding carboxylic acids is 2. The highest BCUT2D eigenvalue weighted by Gasteiger charge is 2.30. The molecule has 1 aliphatic heterocycles. The second kappa shape index (κ2) is 7.44. The molecule has 1 aliphatic rings. The molecule has 0 unspecified atom stereocenters. The lowest BCUT2D eigenvalue weighted by Gasteiger charge is -2.17. The van der Waals surface area contributed by atoms with Crippen molar-refractivity contribution in [3.8, 4) is 0 Å². The summed E-state index contributed by atoms with van der Waals surface area (Å²) >= 11 is 1.35. The lowest BCUT2D eigenvalue weighted by atomic mass is 10.2. The van der Waals surface area contributed by atoms with Crippen molar-refractivity contribution in [2.75, 3.05) is 13.1 Å². The van der Waals surface area contributed by atoms with Crippen LogP contribution in [0.3, 0.4) is 0 Å². The lowest BCUT2D eigenvalue weighted by Crippen LogP contribution is -2.39. The van der Waals surface area contributed by atoms with Crippen LogP contribution in [-0.2, 0) is 11.3 Å². The van der Waals surface area contributed by atoms with Crippen LogP contribution >= 0.6 is 11.8 Å². The van der Waals surface area contributed by atoms with Crippen LogP contribution in [0, 0.1) is 0 Å². The molecule has 0 aliphatic carbocycles. The van der Waals surface area contributed by atoms with Crippen LogP contribution in [-0.4, -0.2) is 49.9 Å². The average Bonchev–Trinajstić information content (AvgIpc) is 3.08. The van der Waals surface area contributed by atoms with Crippen LogP contribution in [0.1, 0.15) is 33.1 Å². The maximum atomic E-state index is 12.2. The molecule has 1 fully saturated rings. The zero-order chi connectivity index (χ0) is 15.2. The lowest BCUT2D eigenvalue weighted by molar-refractivity contribution is -0.126. The average molecular weight is 311 g/mol. The van der Waals surface area contributed by atoms with Crippen LogP contribution in [0.15, 0.2) is 11.5 Å². The first kappa shape index (κ1) is 15.8. The number of thioether (sulfide) groups is 1. The Morgan fingerprint density at radius 2 is 2.33 bits per heavy atom. The fourth-order valence-electron chi connectivity index (χ4n) is 2.13. The predicted octanol–water partition coefficient (Wildman–Crippen LogP) is 1.50. The van der Waals surface area contributed by atoms with E-state index in [2.05, 4.69) is 22.4 Å². The Morgan fingerprint density at radius 3 is 3.00 bits per heavy atom. The van der Waals surface area contributed by atoms with Crippen molar-refractivity contribution in [2.45, 2.75) is 50.1 Å². The van der Waals surface area contributed by atoms with Gasteiger partial charge in [0.1, 0.15) is 6.33 Å². The molecule has 0 spiro atoms. The molecule has 0 radical (unpaired) electrons. The largest absolute Gasteiger partial charge is 0.336 e. The summed E-state index contributed by atoms with van der Waals surface area (Å²) in [4.78, 5) is 25.0. The quantitative estimate of drug-likeness (QED) is 0.610. The molecule has 8 heteroatoms. The van der Waals surface area contributed by atoms with Crippen molar-refractivity contribution >= 4 is 23.7 Å². The number of aryl methyl sites for hydroxylation is 1. The summed E-state index contributed by atoms with van der Waals surface area (Å²) in [5.41, 5.74) is 0. The predicted molar refractivity (Wildman–Crippen MR) is 80.0 cm³/mol. The molecule has 7 nitrogen and oxygen atoms in total. The molecule has 116 valence electrons. The Balaban J connectivity index is 1.93. The molecular formula is C13H21N5O2S. The first-order valence-corrected chi connectivity index (χ1v) is 8.15. The van der Waals surface area contributed by atoms with Gasteiger partial charge in [-0.3, -0.25) is 9.69 Å². The standard InChI is InChI=1S/C13H21N5O2S/c1-3-4-5-7-17-9-15-16-13(17)21-10(2)11(19)18-8-6-14-12(18)20/h9-10H,3-8H2,1-2H3,(H,14,20)/t10-/m0/s1. The van der Waals surface area contributed by atoms with Crippen molar-refractivity contribution in [3.63, 3.8) is 0 Å². The molecule has 3 amide bonds. The van der Waals surface area contributed by atoms with Gasteiger partial charge in [-0.2, -0.15) is 0 Å². The molecule has 2 heterocycles. The van der Waals surface area contributed by atoms with Crippen LogP contribution in [0.2, 0.25) is 0 Å². The van der Waals surface area contributed by atoms with E-state index in [4.69, 9.17) is 0 Å². The van der Waals surface area contributed by atoms with Crippen molar-refractivity contribution < 1.29 is 9.59 Å². The Bertz CT molecular complexity index is 505. The van der Waals surface area contributed by atoms with Gasteiger partial charge in [0.05, 0.1) is 5.25 Å². The monoisotopic (exact) mass is 311 g/mol. The van der Waals surface area contributed by atoms with Gasteiger partial charge in [0, 0.05) is 19.6 Å². The SMILES string of the molecule is CCCCCn1cnnc1S[C@@H](C)C(=O)N1CCNC1=O. The van der Waals surface area contributed by atoms with E-state index in [1.54, 1.807) is 13.3 Å². The number of hydrogen-bond acceptors (Lipinski definition) is 5. The van der Waals surface area contributed by atoms with E-state index in [0.717, 1.165) is 31.0 Å². The molecule has 1 saturated heterocycles. The van der Waals surface area contributed by atoms with Crippen molar-refractivity contribution in [2.24, 2.45) is 0 Å².